The number of hydrogen-bond acceptors (Lipinski definition) is 8. The second-order valence-electron chi connectivity index (χ2n) is 3.65. The fraction of sp³-hybridized carbons (Fsp3) is 0.300. The molecule has 0 atom stereocenters. The molecule has 8 heteroatoms. The van der Waals surface area contributed by atoms with Crippen LogP contribution >= 0.6 is 11.8 Å². The van der Waals surface area contributed by atoms with Crippen LogP contribution < -0.4 is 11.5 Å². The van der Waals surface area contributed by atoms with Crippen molar-refractivity contribution < 1.29 is 0 Å². The van der Waals surface area contributed by atoms with Crippen molar-refractivity contribution in [2.24, 2.45) is 0 Å². The summed E-state index contributed by atoms with van der Waals surface area (Å²) in [6.45, 7) is 3.79. The highest BCUT2D eigenvalue weighted by molar-refractivity contribution is 7.98. The average Bonchev–Trinajstić information content (AvgIpc) is 2.23. The SMILES string of the molecule is Cc1cc(SCc2nc(N)nc(N)n2)nc(C)n1. The van der Waals surface area contributed by atoms with Crippen LogP contribution in [0.5, 0.6) is 0 Å². The molecular formula is C10H13N7S. The number of hydrogen-bond donors (Lipinski definition) is 2. The van der Waals surface area contributed by atoms with Gasteiger partial charge in [-0.2, -0.15) is 15.0 Å². The number of nitrogens with zero attached hydrogens (tertiary/aromatic N) is 5. The minimum atomic E-state index is 0.133. The number of rotatable bonds is 3. The Morgan fingerprint density at radius 2 is 1.67 bits per heavy atom. The smallest absolute Gasteiger partial charge is 0.225 e. The first-order valence-electron chi connectivity index (χ1n) is 5.24. The third kappa shape index (κ3) is 3.27. The Bertz CT molecular complexity index is 480. The molecule has 0 fully saturated rings. The minimum Gasteiger partial charge on any atom is -0.368 e. The summed E-state index contributed by atoms with van der Waals surface area (Å²) in [5.74, 6) is 2.08. The Balaban J connectivity index is 2.11. The predicted octanol–water partition coefficient (Wildman–Crippen LogP) is 0.735. The molecule has 0 aliphatic rings. The molecule has 0 unspecified atom stereocenters. The van der Waals surface area contributed by atoms with Gasteiger partial charge in [0.1, 0.15) is 16.7 Å². The number of anilines is 2. The van der Waals surface area contributed by atoms with Crippen molar-refractivity contribution in [3.63, 3.8) is 0 Å². The van der Waals surface area contributed by atoms with E-state index in [0.29, 0.717) is 11.6 Å². The van der Waals surface area contributed by atoms with Gasteiger partial charge in [0.25, 0.3) is 0 Å². The lowest BCUT2D eigenvalue weighted by Crippen LogP contribution is -2.06. The zero-order valence-corrected chi connectivity index (χ0v) is 10.9. The van der Waals surface area contributed by atoms with Gasteiger partial charge in [0.15, 0.2) is 0 Å². The van der Waals surface area contributed by atoms with Gasteiger partial charge in [-0.1, -0.05) is 11.8 Å². The number of aryl methyl sites for hydroxylation is 2. The first-order chi connectivity index (χ1) is 8.52. The van der Waals surface area contributed by atoms with E-state index in [0.717, 1.165) is 16.5 Å². The van der Waals surface area contributed by atoms with Crippen LogP contribution in [0.25, 0.3) is 0 Å². The summed E-state index contributed by atoms with van der Waals surface area (Å²) in [7, 11) is 0. The molecule has 2 aromatic heterocycles. The molecule has 2 rings (SSSR count). The number of aromatic nitrogens is 5. The number of thioether (sulfide) groups is 1. The second kappa shape index (κ2) is 5.13. The summed E-state index contributed by atoms with van der Waals surface area (Å²) in [6, 6.07) is 1.91. The van der Waals surface area contributed by atoms with E-state index in [1.807, 2.05) is 19.9 Å². The topological polar surface area (TPSA) is 116 Å². The fourth-order valence-corrected chi connectivity index (χ4v) is 2.27. The molecule has 0 saturated heterocycles. The molecule has 18 heavy (non-hydrogen) atoms. The van der Waals surface area contributed by atoms with Gasteiger partial charge < -0.3 is 11.5 Å². The zero-order valence-electron chi connectivity index (χ0n) is 10.1. The molecule has 0 bridgehead atoms. The van der Waals surface area contributed by atoms with Gasteiger partial charge in [0.2, 0.25) is 11.9 Å². The van der Waals surface area contributed by atoms with Crippen LogP contribution in [0.3, 0.4) is 0 Å². The maximum absolute atomic E-state index is 5.50. The van der Waals surface area contributed by atoms with Crippen LogP contribution in [-0.4, -0.2) is 24.9 Å². The first kappa shape index (κ1) is 12.5. The van der Waals surface area contributed by atoms with Gasteiger partial charge in [-0.15, -0.1) is 0 Å². The number of nitrogen functional groups attached to an aromatic ring is 2. The highest BCUT2D eigenvalue weighted by Gasteiger charge is 2.05. The van der Waals surface area contributed by atoms with Crippen LogP contribution in [0, 0.1) is 13.8 Å². The third-order valence-corrected chi connectivity index (χ3v) is 2.92. The molecule has 94 valence electrons. The number of nitrogens with two attached hydrogens (primary N) is 2. The fourth-order valence-electron chi connectivity index (χ4n) is 1.42. The van der Waals surface area contributed by atoms with Crippen molar-refractivity contribution in [1.82, 2.24) is 24.9 Å². The molecule has 4 N–H and O–H groups in total. The molecular weight excluding hydrogens is 250 g/mol. The predicted molar refractivity (Wildman–Crippen MR) is 69.7 cm³/mol. The van der Waals surface area contributed by atoms with Crippen molar-refractivity contribution in [1.29, 1.82) is 0 Å². The molecule has 0 radical (unpaired) electrons. The van der Waals surface area contributed by atoms with Gasteiger partial charge in [0.05, 0.1) is 5.75 Å². The summed E-state index contributed by atoms with van der Waals surface area (Å²) < 4.78 is 0. The summed E-state index contributed by atoms with van der Waals surface area (Å²) in [6.07, 6.45) is 0. The Hall–Kier alpha value is -1.96. The molecule has 0 aliphatic heterocycles. The van der Waals surface area contributed by atoms with Crippen molar-refractivity contribution in [2.75, 3.05) is 11.5 Å². The van der Waals surface area contributed by atoms with Crippen LogP contribution in [0.15, 0.2) is 11.1 Å². The van der Waals surface area contributed by atoms with E-state index in [9.17, 15) is 0 Å². The van der Waals surface area contributed by atoms with E-state index < -0.39 is 0 Å². The van der Waals surface area contributed by atoms with Gasteiger partial charge in [-0.25, -0.2) is 9.97 Å². The minimum absolute atomic E-state index is 0.133. The van der Waals surface area contributed by atoms with Gasteiger partial charge in [-0.3, -0.25) is 0 Å². The lowest BCUT2D eigenvalue weighted by atomic mass is 10.4. The molecule has 0 aliphatic carbocycles. The van der Waals surface area contributed by atoms with E-state index in [-0.39, 0.29) is 11.9 Å². The first-order valence-corrected chi connectivity index (χ1v) is 6.22. The van der Waals surface area contributed by atoms with E-state index >= 15 is 0 Å². The normalized spacial score (nSPS) is 10.6. The van der Waals surface area contributed by atoms with Gasteiger partial charge in [0, 0.05) is 5.69 Å². The highest BCUT2D eigenvalue weighted by atomic mass is 32.2. The van der Waals surface area contributed by atoms with Crippen LogP contribution in [0.1, 0.15) is 17.3 Å². The maximum Gasteiger partial charge on any atom is 0.225 e. The zero-order chi connectivity index (χ0) is 13.1. The average molecular weight is 263 g/mol. The Labute approximate surface area is 108 Å². The van der Waals surface area contributed by atoms with E-state index in [2.05, 4.69) is 24.9 Å². The van der Waals surface area contributed by atoms with Crippen molar-refractivity contribution in [3.8, 4) is 0 Å². The molecule has 2 heterocycles. The van der Waals surface area contributed by atoms with Crippen LogP contribution in [0.4, 0.5) is 11.9 Å². The standard InChI is InChI=1S/C10H13N7S/c1-5-3-8(14-6(2)13-5)18-4-7-15-9(11)17-10(12)16-7/h3H,4H2,1-2H3,(H4,11,12,15,16,17). The summed E-state index contributed by atoms with van der Waals surface area (Å²) >= 11 is 1.50. The molecule has 7 nitrogen and oxygen atoms in total. The van der Waals surface area contributed by atoms with Gasteiger partial charge in [-0.05, 0) is 19.9 Å². The second-order valence-corrected chi connectivity index (χ2v) is 4.65. The Kier molecular flexibility index (Phi) is 3.56. The lowest BCUT2D eigenvalue weighted by Gasteiger charge is -2.03. The maximum atomic E-state index is 5.50. The molecule has 2 aromatic rings. The Morgan fingerprint density at radius 3 is 2.28 bits per heavy atom. The highest BCUT2D eigenvalue weighted by Crippen LogP contribution is 2.20. The Morgan fingerprint density at radius 1 is 1.00 bits per heavy atom. The van der Waals surface area contributed by atoms with E-state index in [1.54, 1.807) is 0 Å². The van der Waals surface area contributed by atoms with Crippen molar-refractivity contribution in [3.05, 3.63) is 23.4 Å². The largest absolute Gasteiger partial charge is 0.368 e. The van der Waals surface area contributed by atoms with Crippen LogP contribution in [-0.2, 0) is 5.75 Å². The summed E-state index contributed by atoms with van der Waals surface area (Å²) in [5, 5.41) is 0.873. The van der Waals surface area contributed by atoms with E-state index in [1.165, 1.54) is 11.8 Å². The summed E-state index contributed by atoms with van der Waals surface area (Å²) in [5.41, 5.74) is 11.9. The third-order valence-electron chi connectivity index (χ3n) is 2.01. The van der Waals surface area contributed by atoms with Gasteiger partial charge >= 0.3 is 0 Å². The molecule has 0 spiro atoms. The van der Waals surface area contributed by atoms with Crippen molar-refractivity contribution >= 4 is 23.7 Å². The lowest BCUT2D eigenvalue weighted by molar-refractivity contribution is 0.931. The quantitative estimate of drug-likeness (QED) is 0.615. The molecule has 0 saturated carbocycles. The van der Waals surface area contributed by atoms with Crippen LogP contribution in [0.2, 0.25) is 0 Å². The molecule has 0 amide bonds. The molecule has 0 aromatic carbocycles. The summed E-state index contributed by atoms with van der Waals surface area (Å²) in [4.78, 5) is 20.3. The monoisotopic (exact) mass is 263 g/mol. The van der Waals surface area contributed by atoms with E-state index in [4.69, 9.17) is 11.5 Å². The van der Waals surface area contributed by atoms with Crippen molar-refractivity contribution in [2.45, 2.75) is 24.6 Å².